The number of likely N-dealkylation sites (N-methyl/N-ethyl adjacent to an activating group) is 1. The van der Waals surface area contributed by atoms with E-state index < -0.39 is 0 Å². The topological polar surface area (TPSA) is 12.5 Å². The summed E-state index contributed by atoms with van der Waals surface area (Å²) in [6.07, 6.45) is 2.01. The summed E-state index contributed by atoms with van der Waals surface area (Å²) in [7, 11) is 2.16. The van der Waals surface area contributed by atoms with Crippen LogP contribution in [0.5, 0.6) is 5.75 Å². The van der Waals surface area contributed by atoms with Gasteiger partial charge in [0.25, 0.3) is 0 Å². The third-order valence-corrected chi connectivity index (χ3v) is 4.97. The van der Waals surface area contributed by atoms with Crippen molar-refractivity contribution in [1.82, 2.24) is 4.90 Å². The second-order valence-electron chi connectivity index (χ2n) is 5.17. The molecule has 106 valence electrons. The Labute approximate surface area is 128 Å². The molecule has 0 amide bonds. The van der Waals surface area contributed by atoms with Crippen molar-refractivity contribution in [3.63, 3.8) is 0 Å². The number of halogens is 1. The number of hydrogen-bond donors (Lipinski definition) is 0. The quantitative estimate of drug-likeness (QED) is 0.849. The van der Waals surface area contributed by atoms with E-state index in [9.17, 15) is 0 Å². The number of benzene rings is 1. The van der Waals surface area contributed by atoms with Crippen LogP contribution in [0.25, 0.3) is 0 Å². The molecule has 1 aliphatic heterocycles. The maximum atomic E-state index is 6.36. The molecule has 0 saturated heterocycles. The fourth-order valence-electron chi connectivity index (χ4n) is 2.58. The largest absolute Gasteiger partial charge is 0.488 e. The van der Waals surface area contributed by atoms with Gasteiger partial charge in [-0.25, -0.2) is 0 Å². The van der Waals surface area contributed by atoms with Crippen LogP contribution in [0.2, 0.25) is 5.02 Å². The molecule has 0 spiro atoms. The maximum absolute atomic E-state index is 6.36. The van der Waals surface area contributed by atoms with Crippen molar-refractivity contribution in [3.8, 4) is 5.75 Å². The molecule has 0 radical (unpaired) electrons. The third-order valence-electron chi connectivity index (χ3n) is 3.77. The van der Waals surface area contributed by atoms with Crippen LogP contribution < -0.4 is 4.74 Å². The van der Waals surface area contributed by atoms with Crippen molar-refractivity contribution in [2.24, 2.45) is 0 Å². The van der Waals surface area contributed by atoms with E-state index in [-0.39, 0.29) is 0 Å². The highest BCUT2D eigenvalue weighted by Crippen LogP contribution is 2.32. The Morgan fingerprint density at radius 2 is 2.00 bits per heavy atom. The molecule has 2 heterocycles. The third kappa shape index (κ3) is 3.00. The van der Waals surface area contributed by atoms with Crippen LogP contribution in [0.4, 0.5) is 0 Å². The highest BCUT2D eigenvalue weighted by Gasteiger charge is 2.18. The maximum Gasteiger partial charge on any atom is 0.123 e. The fraction of sp³-hybridized carbons (Fsp3) is 0.375. The van der Waals surface area contributed by atoms with Gasteiger partial charge in [0.05, 0.1) is 0 Å². The normalized spacial score (nSPS) is 15.7. The highest BCUT2D eigenvalue weighted by molar-refractivity contribution is 7.09. The molecule has 20 heavy (non-hydrogen) atoms. The monoisotopic (exact) mass is 307 g/mol. The van der Waals surface area contributed by atoms with Gasteiger partial charge in [-0.15, -0.1) is 11.3 Å². The van der Waals surface area contributed by atoms with E-state index in [2.05, 4.69) is 29.5 Å². The van der Waals surface area contributed by atoms with Gasteiger partial charge < -0.3 is 9.64 Å². The molecule has 0 unspecified atom stereocenters. The lowest BCUT2D eigenvalue weighted by molar-refractivity contribution is 0.304. The molecular weight excluding hydrogens is 290 g/mol. The van der Waals surface area contributed by atoms with Crippen LogP contribution in [-0.4, -0.2) is 25.0 Å². The zero-order valence-electron chi connectivity index (χ0n) is 11.6. The van der Waals surface area contributed by atoms with E-state index in [4.69, 9.17) is 16.3 Å². The van der Waals surface area contributed by atoms with Crippen molar-refractivity contribution < 1.29 is 4.74 Å². The number of nitrogens with zero attached hydrogens (tertiary/aromatic N) is 1. The van der Waals surface area contributed by atoms with Gasteiger partial charge >= 0.3 is 0 Å². The van der Waals surface area contributed by atoms with E-state index >= 15 is 0 Å². The molecule has 0 fully saturated rings. The van der Waals surface area contributed by atoms with Gasteiger partial charge in [-0.05, 0) is 49.0 Å². The number of ether oxygens (including phenoxy) is 1. The van der Waals surface area contributed by atoms with Crippen molar-refractivity contribution in [1.29, 1.82) is 0 Å². The minimum atomic E-state index is 0.640. The van der Waals surface area contributed by atoms with Crippen molar-refractivity contribution in [2.75, 3.05) is 20.1 Å². The second-order valence-corrected chi connectivity index (χ2v) is 6.61. The lowest BCUT2D eigenvalue weighted by Crippen LogP contribution is -2.20. The summed E-state index contributed by atoms with van der Waals surface area (Å²) >= 11 is 8.09. The van der Waals surface area contributed by atoms with E-state index in [1.165, 1.54) is 16.0 Å². The first kappa shape index (κ1) is 13.9. The number of hydrogen-bond acceptors (Lipinski definition) is 3. The molecule has 1 aromatic heterocycles. The summed E-state index contributed by atoms with van der Waals surface area (Å²) in [5.41, 5.74) is 2.55. The first-order valence-corrected chi connectivity index (χ1v) is 8.14. The standard InChI is InChI=1S/C16H18ClNOS/c1-18-8-6-13-14(7-9-18)16(5-4-15(13)17)19-11-12-3-2-10-20-12/h2-5,10H,6-9,11H2,1H3. The van der Waals surface area contributed by atoms with E-state index in [1.54, 1.807) is 11.3 Å². The summed E-state index contributed by atoms with van der Waals surface area (Å²) in [5.74, 6) is 0.994. The zero-order valence-corrected chi connectivity index (χ0v) is 13.1. The van der Waals surface area contributed by atoms with Crippen LogP contribution in [0.3, 0.4) is 0 Å². The summed E-state index contributed by atoms with van der Waals surface area (Å²) < 4.78 is 6.03. The van der Waals surface area contributed by atoms with E-state index in [0.717, 1.165) is 36.7 Å². The molecule has 2 nitrogen and oxygen atoms in total. The van der Waals surface area contributed by atoms with E-state index in [0.29, 0.717) is 6.61 Å². The molecule has 0 aliphatic carbocycles. The molecule has 0 saturated carbocycles. The second kappa shape index (κ2) is 6.17. The highest BCUT2D eigenvalue weighted by atomic mass is 35.5. The SMILES string of the molecule is CN1CCc2c(Cl)ccc(OCc3cccs3)c2CC1. The number of rotatable bonds is 3. The molecule has 3 rings (SSSR count). The fourth-order valence-corrected chi connectivity index (χ4v) is 3.47. The predicted octanol–water partition coefficient (Wildman–Crippen LogP) is 4.01. The Kier molecular flexibility index (Phi) is 4.29. The first-order valence-electron chi connectivity index (χ1n) is 6.88. The average Bonchev–Trinajstić information content (AvgIpc) is 2.88. The van der Waals surface area contributed by atoms with Crippen LogP contribution in [0, 0.1) is 0 Å². The predicted molar refractivity (Wildman–Crippen MR) is 85.0 cm³/mol. The lowest BCUT2D eigenvalue weighted by Gasteiger charge is -2.14. The van der Waals surface area contributed by atoms with Gasteiger partial charge in [-0.1, -0.05) is 17.7 Å². The van der Waals surface area contributed by atoms with Crippen LogP contribution in [0.1, 0.15) is 16.0 Å². The van der Waals surface area contributed by atoms with Gasteiger partial charge in [0, 0.05) is 28.6 Å². The van der Waals surface area contributed by atoms with Gasteiger partial charge in [0.15, 0.2) is 0 Å². The molecule has 2 aromatic rings. The number of fused-ring (bicyclic) bond motifs is 1. The Hall–Kier alpha value is -1.03. The van der Waals surface area contributed by atoms with Crippen molar-refractivity contribution in [3.05, 3.63) is 50.7 Å². The molecule has 0 N–H and O–H groups in total. The molecule has 4 heteroatoms. The summed E-state index contributed by atoms with van der Waals surface area (Å²) in [5, 5.41) is 2.95. The van der Waals surface area contributed by atoms with Crippen molar-refractivity contribution >= 4 is 22.9 Å². The van der Waals surface area contributed by atoms with Gasteiger partial charge in [-0.3, -0.25) is 0 Å². The van der Waals surface area contributed by atoms with E-state index in [1.807, 2.05) is 12.1 Å². The molecular formula is C16H18ClNOS. The summed E-state index contributed by atoms with van der Waals surface area (Å²) in [6, 6.07) is 8.14. The summed E-state index contributed by atoms with van der Waals surface area (Å²) in [6.45, 7) is 2.76. The van der Waals surface area contributed by atoms with Gasteiger partial charge in [0.1, 0.15) is 12.4 Å². The van der Waals surface area contributed by atoms with Crippen molar-refractivity contribution in [2.45, 2.75) is 19.4 Å². The zero-order chi connectivity index (χ0) is 13.9. The molecule has 0 atom stereocenters. The molecule has 1 aromatic carbocycles. The average molecular weight is 308 g/mol. The minimum Gasteiger partial charge on any atom is -0.488 e. The number of thiophene rings is 1. The Morgan fingerprint density at radius 3 is 2.75 bits per heavy atom. The van der Waals surface area contributed by atoms with Crippen LogP contribution in [-0.2, 0) is 19.4 Å². The first-order chi connectivity index (χ1) is 9.74. The summed E-state index contributed by atoms with van der Waals surface area (Å²) in [4.78, 5) is 3.60. The smallest absolute Gasteiger partial charge is 0.123 e. The Bertz CT molecular complexity index is 582. The Balaban J connectivity index is 1.84. The van der Waals surface area contributed by atoms with Gasteiger partial charge in [0.2, 0.25) is 0 Å². The van der Waals surface area contributed by atoms with Crippen LogP contribution in [0.15, 0.2) is 29.6 Å². The van der Waals surface area contributed by atoms with Gasteiger partial charge in [-0.2, -0.15) is 0 Å². The Morgan fingerprint density at radius 1 is 1.20 bits per heavy atom. The molecule has 0 bridgehead atoms. The lowest BCUT2D eigenvalue weighted by atomic mass is 10.0. The molecule has 1 aliphatic rings. The minimum absolute atomic E-state index is 0.640. The van der Waals surface area contributed by atoms with Crippen LogP contribution >= 0.6 is 22.9 Å².